The zero-order chi connectivity index (χ0) is 12.3. The number of rotatable bonds is 4. The van der Waals surface area contributed by atoms with Gasteiger partial charge in [-0.1, -0.05) is 0 Å². The highest BCUT2D eigenvalue weighted by atomic mass is 32.1. The molecule has 0 bridgehead atoms. The van der Waals surface area contributed by atoms with Crippen molar-refractivity contribution in [2.75, 3.05) is 7.05 Å². The highest BCUT2D eigenvalue weighted by molar-refractivity contribution is 7.12. The van der Waals surface area contributed by atoms with Crippen LogP contribution in [0.15, 0.2) is 12.1 Å². The van der Waals surface area contributed by atoms with Crippen LogP contribution in [0.1, 0.15) is 36.1 Å². The molecule has 1 atom stereocenters. The fourth-order valence-electron chi connectivity index (χ4n) is 1.42. The van der Waals surface area contributed by atoms with Gasteiger partial charge in [-0.2, -0.15) is 0 Å². The number of ketones is 1. The number of hydrogen-bond donors (Lipinski definition) is 0. The van der Waals surface area contributed by atoms with E-state index in [9.17, 15) is 9.59 Å². The second-order valence-electron chi connectivity index (χ2n) is 4.01. The van der Waals surface area contributed by atoms with Crippen LogP contribution < -0.4 is 0 Å². The molecule has 0 aliphatic rings. The molecule has 0 fully saturated rings. The first-order chi connectivity index (χ1) is 7.41. The van der Waals surface area contributed by atoms with E-state index in [1.54, 1.807) is 23.3 Å². The number of carbonyl (C=O) groups is 2. The number of nitrogens with zero attached hydrogens (tertiary/aromatic N) is 1. The highest BCUT2D eigenvalue weighted by Crippen LogP contribution is 2.26. The zero-order valence-corrected chi connectivity index (χ0v) is 10.9. The standard InChI is InChI=1S/C12H17NO2S/c1-8(14)7-12(15)13(4)10(3)11-6-5-9(2)16-11/h5-6,10H,7H2,1-4H3. The van der Waals surface area contributed by atoms with Crippen LogP contribution >= 0.6 is 11.3 Å². The molecule has 0 saturated heterocycles. The van der Waals surface area contributed by atoms with Crippen LogP contribution in [0.4, 0.5) is 0 Å². The summed E-state index contributed by atoms with van der Waals surface area (Å²) < 4.78 is 0. The molecule has 1 amide bonds. The Morgan fingerprint density at radius 2 is 2.06 bits per heavy atom. The minimum Gasteiger partial charge on any atom is -0.338 e. The van der Waals surface area contributed by atoms with Crippen LogP contribution in [0.5, 0.6) is 0 Å². The number of carbonyl (C=O) groups excluding carboxylic acids is 2. The minimum atomic E-state index is -0.119. The number of aryl methyl sites for hydroxylation is 1. The smallest absolute Gasteiger partial charge is 0.230 e. The summed E-state index contributed by atoms with van der Waals surface area (Å²) in [5.74, 6) is -0.211. The van der Waals surface area contributed by atoms with E-state index in [1.807, 2.05) is 26.0 Å². The number of hydrogen-bond acceptors (Lipinski definition) is 3. The van der Waals surface area contributed by atoms with Gasteiger partial charge >= 0.3 is 0 Å². The SMILES string of the molecule is CC(=O)CC(=O)N(C)C(C)c1ccc(C)s1. The van der Waals surface area contributed by atoms with Gasteiger partial charge in [-0.15, -0.1) is 11.3 Å². The summed E-state index contributed by atoms with van der Waals surface area (Å²) in [5.41, 5.74) is 0. The Morgan fingerprint density at radius 3 is 2.50 bits per heavy atom. The molecule has 0 saturated carbocycles. The monoisotopic (exact) mass is 239 g/mol. The van der Waals surface area contributed by atoms with E-state index >= 15 is 0 Å². The average molecular weight is 239 g/mol. The Morgan fingerprint density at radius 1 is 1.44 bits per heavy atom. The molecule has 0 radical (unpaired) electrons. The molecule has 1 rings (SSSR count). The Kier molecular flexibility index (Phi) is 4.24. The van der Waals surface area contributed by atoms with Crippen LogP contribution in [0.2, 0.25) is 0 Å². The Hall–Kier alpha value is -1.16. The van der Waals surface area contributed by atoms with Crippen LogP contribution in [0, 0.1) is 6.92 Å². The first-order valence-electron chi connectivity index (χ1n) is 5.23. The third kappa shape index (κ3) is 3.17. The van der Waals surface area contributed by atoms with Crippen LogP contribution in [0.3, 0.4) is 0 Å². The van der Waals surface area contributed by atoms with E-state index in [2.05, 4.69) is 0 Å². The first kappa shape index (κ1) is 12.9. The second-order valence-corrected chi connectivity index (χ2v) is 5.33. The molecule has 0 aromatic carbocycles. The molecule has 0 aliphatic heterocycles. The van der Waals surface area contributed by atoms with Gasteiger partial charge in [-0.3, -0.25) is 9.59 Å². The lowest BCUT2D eigenvalue weighted by molar-refractivity contribution is -0.135. The van der Waals surface area contributed by atoms with Crippen LogP contribution in [0.25, 0.3) is 0 Å². The van der Waals surface area contributed by atoms with Gasteiger partial charge in [0.05, 0.1) is 12.5 Å². The number of Topliss-reactive ketones (excluding diaryl/α,β-unsaturated/α-hetero) is 1. The third-order valence-electron chi connectivity index (χ3n) is 2.55. The molecule has 1 aromatic rings. The maximum Gasteiger partial charge on any atom is 0.230 e. The van der Waals surface area contributed by atoms with Gasteiger partial charge in [0.25, 0.3) is 0 Å². The summed E-state index contributed by atoms with van der Waals surface area (Å²) in [4.78, 5) is 26.6. The molecule has 1 aromatic heterocycles. The largest absolute Gasteiger partial charge is 0.338 e. The van der Waals surface area contributed by atoms with Gasteiger partial charge in [0.2, 0.25) is 5.91 Å². The summed E-state index contributed by atoms with van der Waals surface area (Å²) in [6, 6.07) is 4.10. The average Bonchev–Trinajstić information content (AvgIpc) is 2.61. The molecule has 3 nitrogen and oxygen atoms in total. The molecule has 0 spiro atoms. The minimum absolute atomic E-state index is 0.00873. The van der Waals surface area contributed by atoms with Gasteiger partial charge in [0, 0.05) is 16.8 Å². The van der Waals surface area contributed by atoms with E-state index in [4.69, 9.17) is 0 Å². The van der Waals surface area contributed by atoms with Crippen LogP contribution in [-0.4, -0.2) is 23.6 Å². The lowest BCUT2D eigenvalue weighted by atomic mass is 10.2. The second kappa shape index (κ2) is 5.25. The highest BCUT2D eigenvalue weighted by Gasteiger charge is 2.19. The zero-order valence-electron chi connectivity index (χ0n) is 10.1. The van der Waals surface area contributed by atoms with E-state index in [1.165, 1.54) is 11.8 Å². The maximum atomic E-state index is 11.7. The fourth-order valence-corrected chi connectivity index (χ4v) is 2.40. The topological polar surface area (TPSA) is 37.4 Å². The fraction of sp³-hybridized carbons (Fsp3) is 0.500. The van der Waals surface area contributed by atoms with E-state index in [-0.39, 0.29) is 24.2 Å². The van der Waals surface area contributed by atoms with Crippen molar-refractivity contribution in [3.8, 4) is 0 Å². The molecule has 1 heterocycles. The molecule has 88 valence electrons. The molecule has 0 aliphatic carbocycles. The summed E-state index contributed by atoms with van der Waals surface area (Å²) in [7, 11) is 1.74. The first-order valence-corrected chi connectivity index (χ1v) is 6.05. The maximum absolute atomic E-state index is 11.7. The quantitative estimate of drug-likeness (QED) is 0.757. The van der Waals surface area contributed by atoms with E-state index in [0.717, 1.165) is 4.88 Å². The molecule has 0 N–H and O–H groups in total. The molecule has 1 unspecified atom stereocenters. The molecule has 4 heteroatoms. The Balaban J connectivity index is 2.70. The molecule has 16 heavy (non-hydrogen) atoms. The van der Waals surface area contributed by atoms with Gasteiger partial charge < -0.3 is 4.90 Å². The molecular formula is C12H17NO2S. The van der Waals surface area contributed by atoms with Gasteiger partial charge in [0.1, 0.15) is 5.78 Å². The predicted molar refractivity (Wildman–Crippen MR) is 65.5 cm³/mol. The predicted octanol–water partition coefficient (Wildman–Crippen LogP) is 2.56. The van der Waals surface area contributed by atoms with Crippen molar-refractivity contribution in [2.24, 2.45) is 0 Å². The summed E-state index contributed by atoms with van der Waals surface area (Å²) in [5, 5.41) is 0. The van der Waals surface area contributed by atoms with Crippen molar-refractivity contribution in [1.29, 1.82) is 0 Å². The van der Waals surface area contributed by atoms with Crippen molar-refractivity contribution in [3.63, 3.8) is 0 Å². The van der Waals surface area contributed by atoms with Gasteiger partial charge in [-0.25, -0.2) is 0 Å². The van der Waals surface area contributed by atoms with Gasteiger partial charge in [0.15, 0.2) is 0 Å². The van der Waals surface area contributed by atoms with E-state index < -0.39 is 0 Å². The van der Waals surface area contributed by atoms with Crippen molar-refractivity contribution in [2.45, 2.75) is 33.2 Å². The van der Waals surface area contributed by atoms with Gasteiger partial charge in [-0.05, 0) is 32.9 Å². The van der Waals surface area contributed by atoms with Crippen molar-refractivity contribution in [3.05, 3.63) is 21.9 Å². The van der Waals surface area contributed by atoms with Crippen LogP contribution in [-0.2, 0) is 9.59 Å². The number of amides is 1. The Labute approximate surface area is 100 Å². The molecular weight excluding hydrogens is 222 g/mol. The summed E-state index contributed by atoms with van der Waals surface area (Å²) in [6.45, 7) is 5.45. The van der Waals surface area contributed by atoms with Crippen molar-refractivity contribution < 1.29 is 9.59 Å². The number of thiophene rings is 1. The summed E-state index contributed by atoms with van der Waals surface area (Å²) in [6.07, 6.45) is -0.00873. The third-order valence-corrected chi connectivity index (χ3v) is 3.72. The summed E-state index contributed by atoms with van der Waals surface area (Å²) >= 11 is 1.68. The Bertz CT molecular complexity index is 397. The van der Waals surface area contributed by atoms with E-state index in [0.29, 0.717) is 0 Å². The lowest BCUT2D eigenvalue weighted by Gasteiger charge is -2.23. The van der Waals surface area contributed by atoms with Crippen molar-refractivity contribution >= 4 is 23.0 Å². The lowest BCUT2D eigenvalue weighted by Crippen LogP contribution is -2.30. The van der Waals surface area contributed by atoms with Crippen molar-refractivity contribution in [1.82, 2.24) is 4.90 Å². The normalized spacial score (nSPS) is 12.2.